The molecule has 0 spiro atoms. The predicted molar refractivity (Wildman–Crippen MR) is 86.8 cm³/mol. The second kappa shape index (κ2) is 7.21. The number of hydrogen-bond acceptors (Lipinski definition) is 6. The zero-order chi connectivity index (χ0) is 15.2. The number of nitrogens with one attached hydrogen (secondary N) is 1. The van der Waals surface area contributed by atoms with Crippen molar-refractivity contribution >= 4 is 27.8 Å². The maximum Gasteiger partial charge on any atom is 0.322 e. The standard InChI is InChI=1S/C14H18BrN5O/c1-4-16-12-17-13(19-14(18-12)21-3)20(2)9-10-6-5-7-11(15)8-10/h5-8H,4,9H2,1-3H3,(H,16,17,18,19). The molecule has 0 aliphatic rings. The van der Waals surface area contributed by atoms with Crippen molar-refractivity contribution in [1.29, 1.82) is 0 Å². The van der Waals surface area contributed by atoms with Crippen LogP contribution in [0.25, 0.3) is 0 Å². The summed E-state index contributed by atoms with van der Waals surface area (Å²) in [6, 6.07) is 8.44. The Morgan fingerprint density at radius 1 is 1.29 bits per heavy atom. The summed E-state index contributed by atoms with van der Waals surface area (Å²) in [4.78, 5) is 14.8. The van der Waals surface area contributed by atoms with Crippen molar-refractivity contribution in [2.75, 3.05) is 30.9 Å². The second-order valence-corrected chi connectivity index (χ2v) is 5.38. The molecule has 112 valence electrons. The monoisotopic (exact) mass is 351 g/mol. The van der Waals surface area contributed by atoms with Crippen LogP contribution in [0.1, 0.15) is 12.5 Å². The normalized spacial score (nSPS) is 10.3. The number of aromatic nitrogens is 3. The average molecular weight is 352 g/mol. The molecule has 0 aliphatic carbocycles. The Balaban J connectivity index is 2.21. The van der Waals surface area contributed by atoms with Crippen LogP contribution in [0.5, 0.6) is 6.01 Å². The number of nitrogens with zero attached hydrogens (tertiary/aromatic N) is 4. The quantitative estimate of drug-likeness (QED) is 0.863. The highest BCUT2D eigenvalue weighted by Crippen LogP contribution is 2.17. The van der Waals surface area contributed by atoms with Crippen LogP contribution < -0.4 is 15.0 Å². The summed E-state index contributed by atoms with van der Waals surface area (Å²) in [5.41, 5.74) is 1.16. The summed E-state index contributed by atoms with van der Waals surface area (Å²) >= 11 is 3.47. The minimum atomic E-state index is 0.303. The van der Waals surface area contributed by atoms with Gasteiger partial charge < -0.3 is 15.0 Å². The summed E-state index contributed by atoms with van der Waals surface area (Å²) in [5.74, 6) is 1.08. The molecule has 1 aromatic heterocycles. The van der Waals surface area contributed by atoms with E-state index < -0.39 is 0 Å². The molecule has 0 saturated carbocycles. The van der Waals surface area contributed by atoms with E-state index in [-0.39, 0.29) is 0 Å². The van der Waals surface area contributed by atoms with Gasteiger partial charge in [0.2, 0.25) is 11.9 Å². The van der Waals surface area contributed by atoms with Gasteiger partial charge in [0, 0.05) is 24.6 Å². The lowest BCUT2D eigenvalue weighted by atomic mass is 10.2. The van der Waals surface area contributed by atoms with E-state index in [4.69, 9.17) is 4.74 Å². The smallest absolute Gasteiger partial charge is 0.322 e. The molecule has 0 unspecified atom stereocenters. The Bertz CT molecular complexity index is 608. The first-order valence-corrected chi connectivity index (χ1v) is 7.41. The van der Waals surface area contributed by atoms with E-state index in [9.17, 15) is 0 Å². The predicted octanol–water partition coefficient (Wildman–Crippen LogP) is 2.71. The van der Waals surface area contributed by atoms with E-state index in [0.29, 0.717) is 24.5 Å². The van der Waals surface area contributed by atoms with Crippen LogP contribution in [0.4, 0.5) is 11.9 Å². The molecule has 1 heterocycles. The fourth-order valence-electron chi connectivity index (χ4n) is 1.82. The molecule has 2 aromatic rings. The van der Waals surface area contributed by atoms with Gasteiger partial charge in [-0.05, 0) is 24.6 Å². The molecule has 1 N–H and O–H groups in total. The minimum Gasteiger partial charge on any atom is -0.467 e. The SMILES string of the molecule is CCNc1nc(OC)nc(N(C)Cc2cccc(Br)c2)n1. The van der Waals surface area contributed by atoms with E-state index in [1.807, 2.05) is 31.0 Å². The van der Waals surface area contributed by atoms with Gasteiger partial charge in [-0.3, -0.25) is 0 Å². The summed E-state index contributed by atoms with van der Waals surface area (Å²) in [6.45, 7) is 3.42. The lowest BCUT2D eigenvalue weighted by Crippen LogP contribution is -2.20. The zero-order valence-corrected chi connectivity index (χ0v) is 13.9. The topological polar surface area (TPSA) is 63.2 Å². The van der Waals surface area contributed by atoms with Gasteiger partial charge in [0.1, 0.15) is 0 Å². The molecule has 7 heteroatoms. The maximum absolute atomic E-state index is 5.12. The van der Waals surface area contributed by atoms with Gasteiger partial charge >= 0.3 is 6.01 Å². The lowest BCUT2D eigenvalue weighted by Gasteiger charge is -2.18. The number of anilines is 2. The number of hydrogen-bond donors (Lipinski definition) is 1. The molecule has 0 amide bonds. The third-order valence-electron chi connectivity index (χ3n) is 2.77. The highest BCUT2D eigenvalue weighted by molar-refractivity contribution is 9.10. The fourth-order valence-corrected chi connectivity index (χ4v) is 2.27. The summed E-state index contributed by atoms with van der Waals surface area (Å²) < 4.78 is 6.18. The minimum absolute atomic E-state index is 0.303. The van der Waals surface area contributed by atoms with Gasteiger partial charge in [-0.15, -0.1) is 0 Å². The zero-order valence-electron chi connectivity index (χ0n) is 12.3. The van der Waals surface area contributed by atoms with Gasteiger partial charge in [-0.25, -0.2) is 0 Å². The van der Waals surface area contributed by atoms with Gasteiger partial charge in [-0.1, -0.05) is 28.1 Å². The number of rotatable bonds is 6. The number of methoxy groups -OCH3 is 1. The Hall–Kier alpha value is -1.89. The van der Waals surface area contributed by atoms with Crippen LogP contribution in [-0.2, 0) is 6.54 Å². The molecule has 21 heavy (non-hydrogen) atoms. The van der Waals surface area contributed by atoms with Gasteiger partial charge in [-0.2, -0.15) is 15.0 Å². The Morgan fingerprint density at radius 3 is 2.76 bits per heavy atom. The van der Waals surface area contributed by atoms with Crippen LogP contribution in [0, 0.1) is 0 Å². The van der Waals surface area contributed by atoms with E-state index in [1.54, 1.807) is 7.11 Å². The number of halogens is 1. The van der Waals surface area contributed by atoms with Gasteiger partial charge in [0.05, 0.1) is 7.11 Å². The second-order valence-electron chi connectivity index (χ2n) is 4.46. The summed E-state index contributed by atoms with van der Waals surface area (Å²) in [5, 5.41) is 3.07. The van der Waals surface area contributed by atoms with Crippen molar-refractivity contribution in [1.82, 2.24) is 15.0 Å². The molecular formula is C14H18BrN5O. The van der Waals surface area contributed by atoms with Gasteiger partial charge in [0.15, 0.2) is 0 Å². The Morgan fingerprint density at radius 2 is 2.10 bits per heavy atom. The first kappa shape index (κ1) is 15.5. The third-order valence-corrected chi connectivity index (χ3v) is 3.26. The molecular weight excluding hydrogens is 334 g/mol. The number of ether oxygens (including phenoxy) is 1. The molecule has 0 atom stereocenters. The van der Waals surface area contributed by atoms with Crippen molar-refractivity contribution < 1.29 is 4.74 Å². The van der Waals surface area contributed by atoms with Crippen molar-refractivity contribution in [2.45, 2.75) is 13.5 Å². The summed E-state index contributed by atoms with van der Waals surface area (Å²) in [7, 11) is 3.48. The lowest BCUT2D eigenvalue weighted by molar-refractivity contribution is 0.379. The molecule has 0 radical (unpaired) electrons. The van der Waals surface area contributed by atoms with E-state index >= 15 is 0 Å². The average Bonchev–Trinajstić information content (AvgIpc) is 2.47. The summed E-state index contributed by atoms with van der Waals surface area (Å²) in [6.07, 6.45) is 0. The van der Waals surface area contributed by atoms with Crippen LogP contribution in [0.15, 0.2) is 28.7 Å². The molecule has 2 rings (SSSR count). The van der Waals surface area contributed by atoms with Crippen molar-refractivity contribution in [3.63, 3.8) is 0 Å². The van der Waals surface area contributed by atoms with Crippen LogP contribution in [0.3, 0.4) is 0 Å². The molecule has 0 aliphatic heterocycles. The maximum atomic E-state index is 5.12. The Labute approximate surface area is 132 Å². The van der Waals surface area contributed by atoms with E-state index in [1.165, 1.54) is 0 Å². The van der Waals surface area contributed by atoms with Crippen molar-refractivity contribution in [2.24, 2.45) is 0 Å². The third kappa shape index (κ3) is 4.29. The van der Waals surface area contributed by atoms with E-state index in [0.717, 1.165) is 16.6 Å². The van der Waals surface area contributed by atoms with Crippen LogP contribution in [-0.4, -0.2) is 35.7 Å². The largest absolute Gasteiger partial charge is 0.467 e. The van der Waals surface area contributed by atoms with Crippen molar-refractivity contribution in [3.8, 4) is 6.01 Å². The van der Waals surface area contributed by atoms with Crippen LogP contribution in [0.2, 0.25) is 0 Å². The fraction of sp³-hybridized carbons (Fsp3) is 0.357. The first-order valence-electron chi connectivity index (χ1n) is 6.62. The highest BCUT2D eigenvalue weighted by Gasteiger charge is 2.11. The molecule has 0 fully saturated rings. The highest BCUT2D eigenvalue weighted by atomic mass is 79.9. The molecule has 6 nitrogen and oxygen atoms in total. The Kier molecular flexibility index (Phi) is 5.32. The molecule has 0 saturated heterocycles. The first-order chi connectivity index (χ1) is 10.1. The number of benzene rings is 1. The van der Waals surface area contributed by atoms with Crippen LogP contribution >= 0.6 is 15.9 Å². The molecule has 1 aromatic carbocycles. The van der Waals surface area contributed by atoms with Gasteiger partial charge in [0.25, 0.3) is 0 Å². The molecule has 0 bridgehead atoms. The van der Waals surface area contributed by atoms with E-state index in [2.05, 4.69) is 48.3 Å². The van der Waals surface area contributed by atoms with Crippen molar-refractivity contribution in [3.05, 3.63) is 34.3 Å².